The predicted octanol–water partition coefficient (Wildman–Crippen LogP) is 1.47. The number of hydrogen-bond acceptors (Lipinski definition) is 6. The van der Waals surface area contributed by atoms with Gasteiger partial charge in [0.1, 0.15) is 4.90 Å². The summed E-state index contributed by atoms with van der Waals surface area (Å²) in [4.78, 5) is 8.91. The smallest absolute Gasteiger partial charge is 0.318 e. The Kier molecular flexibility index (Phi) is 5.64. The summed E-state index contributed by atoms with van der Waals surface area (Å²) in [6.07, 6.45) is 1.73. The third kappa shape index (κ3) is 4.42. The standard InChI is InChI=1S/C8H11O6PS2/c1-16-7-4-2-3-5-8(7)17(11,12)14-6-13-15(9)10/h2-5,15H,6H2,1H3,(H,9,10). The second-order valence-electron chi connectivity index (χ2n) is 2.75. The largest absolute Gasteiger partial charge is 0.326 e. The zero-order valence-corrected chi connectivity index (χ0v) is 11.5. The van der Waals surface area contributed by atoms with Gasteiger partial charge in [0.15, 0.2) is 6.79 Å². The molecule has 1 aromatic carbocycles. The van der Waals surface area contributed by atoms with E-state index in [1.807, 2.05) is 0 Å². The van der Waals surface area contributed by atoms with Crippen molar-refractivity contribution in [1.82, 2.24) is 0 Å². The molecule has 0 heterocycles. The van der Waals surface area contributed by atoms with Gasteiger partial charge < -0.3 is 4.89 Å². The van der Waals surface area contributed by atoms with Crippen molar-refractivity contribution in [1.29, 1.82) is 0 Å². The zero-order chi connectivity index (χ0) is 12.9. The molecule has 0 fully saturated rings. The SMILES string of the molecule is CSc1ccccc1S(=O)(=O)OCO[PH](=O)O. The summed E-state index contributed by atoms with van der Waals surface area (Å²) in [7, 11) is -7.18. The molecule has 1 aromatic rings. The summed E-state index contributed by atoms with van der Waals surface area (Å²) in [5.41, 5.74) is 0. The van der Waals surface area contributed by atoms with Gasteiger partial charge in [-0.15, -0.1) is 11.8 Å². The molecular weight excluding hydrogens is 287 g/mol. The van der Waals surface area contributed by atoms with E-state index in [2.05, 4.69) is 8.71 Å². The van der Waals surface area contributed by atoms with Crippen molar-refractivity contribution in [3.63, 3.8) is 0 Å². The molecule has 96 valence electrons. The first kappa shape index (κ1) is 14.7. The Balaban J connectivity index is 2.86. The Morgan fingerprint density at radius 1 is 1.41 bits per heavy atom. The number of rotatable bonds is 6. The molecule has 1 atom stereocenters. The summed E-state index contributed by atoms with van der Waals surface area (Å²) in [6.45, 7) is -0.778. The first-order valence-corrected chi connectivity index (χ1v) is 8.25. The van der Waals surface area contributed by atoms with Crippen LogP contribution in [0.2, 0.25) is 0 Å². The van der Waals surface area contributed by atoms with Gasteiger partial charge in [0, 0.05) is 4.90 Å². The van der Waals surface area contributed by atoms with E-state index in [1.54, 1.807) is 24.5 Å². The molecule has 0 spiro atoms. The fourth-order valence-corrected chi connectivity index (χ4v) is 3.17. The Bertz CT molecular complexity index is 500. The minimum absolute atomic E-state index is 0.00807. The fraction of sp³-hybridized carbons (Fsp3) is 0.250. The lowest BCUT2D eigenvalue weighted by atomic mass is 10.4. The topological polar surface area (TPSA) is 89.9 Å². The van der Waals surface area contributed by atoms with E-state index in [0.717, 1.165) is 0 Å². The highest BCUT2D eigenvalue weighted by molar-refractivity contribution is 7.99. The fourth-order valence-electron chi connectivity index (χ4n) is 1.03. The molecule has 17 heavy (non-hydrogen) atoms. The van der Waals surface area contributed by atoms with Crippen LogP contribution >= 0.6 is 20.0 Å². The second kappa shape index (κ2) is 6.53. The van der Waals surface area contributed by atoms with Crippen LogP contribution in [-0.2, 0) is 23.4 Å². The maximum atomic E-state index is 11.7. The maximum Gasteiger partial charge on any atom is 0.318 e. The highest BCUT2D eigenvalue weighted by Crippen LogP contribution is 2.26. The van der Waals surface area contributed by atoms with Gasteiger partial charge in [-0.05, 0) is 18.4 Å². The zero-order valence-electron chi connectivity index (χ0n) is 8.82. The minimum atomic E-state index is -3.98. The molecule has 1 N–H and O–H groups in total. The van der Waals surface area contributed by atoms with Crippen LogP contribution < -0.4 is 0 Å². The molecule has 0 aliphatic heterocycles. The van der Waals surface area contributed by atoms with Gasteiger partial charge in [-0.1, -0.05) is 12.1 Å². The molecule has 0 aromatic heterocycles. The number of hydrogen-bond donors (Lipinski definition) is 1. The molecule has 0 radical (unpaired) electrons. The van der Waals surface area contributed by atoms with Crippen molar-refractivity contribution in [3.8, 4) is 0 Å². The van der Waals surface area contributed by atoms with Gasteiger partial charge in [-0.25, -0.2) is 4.18 Å². The summed E-state index contributed by atoms with van der Waals surface area (Å²) in [6, 6.07) is 6.29. The normalized spacial score (nSPS) is 13.5. The van der Waals surface area contributed by atoms with Gasteiger partial charge in [0.25, 0.3) is 10.1 Å². The van der Waals surface area contributed by atoms with E-state index in [9.17, 15) is 13.0 Å². The van der Waals surface area contributed by atoms with Gasteiger partial charge in [0.05, 0.1) is 0 Å². The predicted molar refractivity (Wildman–Crippen MR) is 63.7 cm³/mol. The van der Waals surface area contributed by atoms with E-state index in [-0.39, 0.29) is 4.90 Å². The van der Waals surface area contributed by atoms with Crippen LogP contribution in [-0.4, -0.2) is 26.4 Å². The van der Waals surface area contributed by atoms with Crippen LogP contribution in [0.3, 0.4) is 0 Å². The lowest BCUT2D eigenvalue weighted by molar-refractivity contribution is 0.121. The molecule has 6 nitrogen and oxygen atoms in total. The third-order valence-electron chi connectivity index (χ3n) is 1.72. The van der Waals surface area contributed by atoms with E-state index in [4.69, 9.17) is 4.89 Å². The number of thioether (sulfide) groups is 1. The van der Waals surface area contributed by atoms with Crippen LogP contribution in [0.4, 0.5) is 0 Å². The van der Waals surface area contributed by atoms with Crippen LogP contribution in [0.1, 0.15) is 0 Å². The molecule has 0 aliphatic rings. The average Bonchev–Trinajstić information content (AvgIpc) is 2.28. The maximum absolute atomic E-state index is 11.7. The minimum Gasteiger partial charge on any atom is -0.326 e. The number of benzene rings is 1. The first-order valence-electron chi connectivity index (χ1n) is 4.35. The van der Waals surface area contributed by atoms with Crippen molar-refractivity contribution in [2.75, 3.05) is 13.0 Å². The molecule has 0 amide bonds. The summed E-state index contributed by atoms with van der Waals surface area (Å²) >= 11 is 1.26. The molecule has 0 aliphatic carbocycles. The van der Waals surface area contributed by atoms with Crippen molar-refractivity contribution < 1.29 is 26.6 Å². The molecular formula is C8H11O6PS2. The summed E-state index contributed by atoms with van der Waals surface area (Å²) < 4.78 is 42.3. The van der Waals surface area contributed by atoms with Gasteiger partial charge in [0.2, 0.25) is 0 Å². The molecule has 0 bridgehead atoms. The summed E-state index contributed by atoms with van der Waals surface area (Å²) in [5.74, 6) is 0. The van der Waals surface area contributed by atoms with E-state index < -0.39 is 25.2 Å². The monoisotopic (exact) mass is 298 g/mol. The molecule has 1 unspecified atom stereocenters. The summed E-state index contributed by atoms with van der Waals surface area (Å²) in [5, 5.41) is 0. The first-order chi connectivity index (χ1) is 7.97. The molecule has 9 heteroatoms. The van der Waals surface area contributed by atoms with E-state index >= 15 is 0 Å². The van der Waals surface area contributed by atoms with Crippen molar-refractivity contribution in [3.05, 3.63) is 24.3 Å². The van der Waals surface area contributed by atoms with Crippen LogP contribution in [0, 0.1) is 0 Å². The molecule has 0 saturated heterocycles. The Hall–Kier alpha value is -0.370. The van der Waals surface area contributed by atoms with Gasteiger partial charge in [-0.2, -0.15) is 8.42 Å². The molecule has 0 saturated carbocycles. The van der Waals surface area contributed by atoms with Gasteiger partial charge in [-0.3, -0.25) is 9.09 Å². The van der Waals surface area contributed by atoms with Crippen molar-refractivity contribution in [2.24, 2.45) is 0 Å². The Morgan fingerprint density at radius 2 is 2.06 bits per heavy atom. The van der Waals surface area contributed by atoms with E-state index in [0.29, 0.717) is 4.90 Å². The lowest BCUT2D eigenvalue weighted by Crippen LogP contribution is -2.09. The molecule has 1 rings (SSSR count). The van der Waals surface area contributed by atoms with Crippen molar-refractivity contribution in [2.45, 2.75) is 9.79 Å². The highest BCUT2D eigenvalue weighted by atomic mass is 32.2. The van der Waals surface area contributed by atoms with Crippen LogP contribution in [0.25, 0.3) is 0 Å². The highest BCUT2D eigenvalue weighted by Gasteiger charge is 2.19. The quantitative estimate of drug-likeness (QED) is 0.368. The average molecular weight is 298 g/mol. The second-order valence-corrected chi connectivity index (χ2v) is 6.00. The van der Waals surface area contributed by atoms with Gasteiger partial charge >= 0.3 is 8.25 Å². The lowest BCUT2D eigenvalue weighted by Gasteiger charge is -2.08. The van der Waals surface area contributed by atoms with Crippen LogP contribution in [0.15, 0.2) is 34.1 Å². The Labute approximate surface area is 104 Å². The van der Waals surface area contributed by atoms with Crippen molar-refractivity contribution >= 4 is 30.1 Å². The van der Waals surface area contributed by atoms with Crippen LogP contribution in [0.5, 0.6) is 0 Å². The Morgan fingerprint density at radius 3 is 2.65 bits per heavy atom. The third-order valence-corrected chi connectivity index (χ3v) is 4.32. The van der Waals surface area contributed by atoms with E-state index in [1.165, 1.54) is 17.8 Å².